The summed E-state index contributed by atoms with van der Waals surface area (Å²) in [4.78, 5) is -0.193. The Labute approximate surface area is 124 Å². The zero-order valence-corrected chi connectivity index (χ0v) is 13.2. The van der Waals surface area contributed by atoms with Gasteiger partial charge in [-0.15, -0.1) is 0 Å². The number of nitrogen functional groups attached to an aromatic ring is 1. The van der Waals surface area contributed by atoms with Crippen LogP contribution in [0.1, 0.15) is 33.1 Å². The molecule has 0 heterocycles. The van der Waals surface area contributed by atoms with Crippen LogP contribution in [0.15, 0.2) is 17.0 Å². The van der Waals surface area contributed by atoms with Crippen LogP contribution in [-0.2, 0) is 10.0 Å². The van der Waals surface area contributed by atoms with Crippen LogP contribution in [0.5, 0.6) is 0 Å². The molecule has 0 aliphatic heterocycles. The van der Waals surface area contributed by atoms with Crippen molar-refractivity contribution >= 4 is 27.3 Å². The molecule has 114 valence electrons. The van der Waals surface area contributed by atoms with Gasteiger partial charge in [-0.3, -0.25) is 0 Å². The highest BCUT2D eigenvalue weighted by molar-refractivity contribution is 7.89. The number of anilines is 1. The van der Waals surface area contributed by atoms with Gasteiger partial charge in [-0.1, -0.05) is 38.3 Å². The number of benzene rings is 1. The van der Waals surface area contributed by atoms with E-state index in [0.717, 1.165) is 31.4 Å². The fraction of sp³-hybridized carbons (Fsp3) is 0.538. The molecule has 0 atom stereocenters. The fourth-order valence-corrected chi connectivity index (χ4v) is 3.33. The van der Waals surface area contributed by atoms with Crippen molar-refractivity contribution in [3.63, 3.8) is 0 Å². The number of nitrogens with two attached hydrogens (primary N) is 1. The third kappa shape index (κ3) is 4.92. The summed E-state index contributed by atoms with van der Waals surface area (Å²) in [6.45, 7) is 4.55. The predicted octanol–water partition coefficient (Wildman–Crippen LogP) is 3.17. The Morgan fingerprint density at radius 2 is 2.00 bits per heavy atom. The number of hydrogen-bond donors (Lipinski definition) is 2. The molecule has 0 aliphatic carbocycles. The van der Waals surface area contributed by atoms with Crippen molar-refractivity contribution in [2.45, 2.75) is 38.0 Å². The summed E-state index contributed by atoms with van der Waals surface area (Å²) in [6.07, 6.45) is 2.73. The van der Waals surface area contributed by atoms with Crippen molar-refractivity contribution in [2.24, 2.45) is 5.92 Å². The van der Waals surface area contributed by atoms with E-state index in [1.54, 1.807) is 0 Å². The van der Waals surface area contributed by atoms with Gasteiger partial charge >= 0.3 is 0 Å². The molecule has 1 aromatic rings. The summed E-state index contributed by atoms with van der Waals surface area (Å²) < 4.78 is 39.7. The van der Waals surface area contributed by atoms with E-state index in [9.17, 15) is 12.8 Å². The number of unbranched alkanes of at least 4 members (excludes halogenated alkanes) is 1. The highest BCUT2D eigenvalue weighted by atomic mass is 35.5. The van der Waals surface area contributed by atoms with Gasteiger partial charge in [0.25, 0.3) is 0 Å². The van der Waals surface area contributed by atoms with Crippen LogP contribution in [0.3, 0.4) is 0 Å². The van der Waals surface area contributed by atoms with Gasteiger partial charge in [0.1, 0.15) is 10.7 Å². The second-order valence-electron chi connectivity index (χ2n) is 5.09. The van der Waals surface area contributed by atoms with Crippen molar-refractivity contribution in [1.82, 2.24) is 4.72 Å². The SMILES string of the molecule is CC(C)CCCCNS(=O)(=O)c1cc(N)c(F)cc1Cl. The molecule has 0 radical (unpaired) electrons. The molecule has 0 amide bonds. The van der Waals surface area contributed by atoms with Gasteiger partial charge < -0.3 is 5.73 Å². The second-order valence-corrected chi connectivity index (χ2v) is 7.23. The Bertz CT molecular complexity index is 562. The minimum atomic E-state index is -3.76. The smallest absolute Gasteiger partial charge is 0.242 e. The van der Waals surface area contributed by atoms with Crippen LogP contribution in [0, 0.1) is 11.7 Å². The van der Waals surface area contributed by atoms with E-state index in [2.05, 4.69) is 18.6 Å². The summed E-state index contributed by atoms with van der Waals surface area (Å²) in [5, 5.41) is -0.175. The molecule has 1 aromatic carbocycles. The summed E-state index contributed by atoms with van der Waals surface area (Å²) in [6, 6.07) is 1.94. The molecule has 4 nitrogen and oxygen atoms in total. The average molecular weight is 323 g/mol. The van der Waals surface area contributed by atoms with E-state index < -0.39 is 15.8 Å². The fourth-order valence-electron chi connectivity index (χ4n) is 1.71. The first-order valence-electron chi connectivity index (χ1n) is 6.48. The Morgan fingerprint density at radius 3 is 2.60 bits per heavy atom. The maximum atomic E-state index is 13.2. The van der Waals surface area contributed by atoms with Crippen LogP contribution in [0.4, 0.5) is 10.1 Å². The molecule has 0 saturated carbocycles. The molecule has 0 fully saturated rings. The van der Waals surface area contributed by atoms with Gasteiger partial charge in [-0.25, -0.2) is 17.5 Å². The lowest BCUT2D eigenvalue weighted by Crippen LogP contribution is -2.25. The standard InChI is InChI=1S/C13H20ClFN2O2S/c1-9(2)5-3-4-6-17-20(18,19)13-8-12(16)11(15)7-10(13)14/h7-9,17H,3-6,16H2,1-2H3. The van der Waals surface area contributed by atoms with Gasteiger partial charge in [0, 0.05) is 6.54 Å². The molecular formula is C13H20ClFN2O2S. The molecule has 0 aromatic heterocycles. The van der Waals surface area contributed by atoms with Gasteiger partial charge in [0.15, 0.2) is 0 Å². The lowest BCUT2D eigenvalue weighted by molar-refractivity contribution is 0.530. The van der Waals surface area contributed by atoms with Crippen LogP contribution in [0.2, 0.25) is 5.02 Å². The topological polar surface area (TPSA) is 72.2 Å². The number of nitrogens with one attached hydrogen (secondary N) is 1. The van der Waals surface area contributed by atoms with E-state index in [0.29, 0.717) is 12.5 Å². The lowest BCUT2D eigenvalue weighted by atomic mass is 10.1. The van der Waals surface area contributed by atoms with Crippen molar-refractivity contribution in [2.75, 3.05) is 12.3 Å². The van der Waals surface area contributed by atoms with Gasteiger partial charge in [-0.05, 0) is 24.5 Å². The van der Waals surface area contributed by atoms with Crippen LogP contribution in [0.25, 0.3) is 0 Å². The van der Waals surface area contributed by atoms with Gasteiger partial charge in [0.05, 0.1) is 10.7 Å². The molecule has 20 heavy (non-hydrogen) atoms. The summed E-state index contributed by atoms with van der Waals surface area (Å²) in [5.41, 5.74) is 5.13. The molecule has 0 unspecified atom stereocenters. The maximum absolute atomic E-state index is 13.2. The van der Waals surface area contributed by atoms with Crippen LogP contribution >= 0.6 is 11.6 Å². The molecule has 0 spiro atoms. The number of hydrogen-bond acceptors (Lipinski definition) is 3. The molecular weight excluding hydrogens is 303 g/mol. The zero-order valence-electron chi connectivity index (χ0n) is 11.6. The first-order chi connectivity index (χ1) is 9.24. The number of sulfonamides is 1. The third-order valence-corrected chi connectivity index (χ3v) is 4.77. The van der Waals surface area contributed by atoms with Crippen LogP contribution in [-0.4, -0.2) is 15.0 Å². The third-order valence-electron chi connectivity index (χ3n) is 2.84. The minimum Gasteiger partial charge on any atom is -0.396 e. The molecule has 0 aliphatic rings. The highest BCUT2D eigenvalue weighted by Gasteiger charge is 2.19. The molecule has 3 N–H and O–H groups in total. The quantitative estimate of drug-likeness (QED) is 0.598. The van der Waals surface area contributed by atoms with Crippen molar-refractivity contribution in [1.29, 1.82) is 0 Å². The van der Waals surface area contributed by atoms with Crippen LogP contribution < -0.4 is 10.5 Å². The number of halogens is 2. The first kappa shape index (κ1) is 17.2. The van der Waals surface area contributed by atoms with Crippen molar-refractivity contribution in [3.8, 4) is 0 Å². The summed E-state index contributed by atoms with van der Waals surface area (Å²) in [7, 11) is -3.76. The second kappa shape index (κ2) is 7.24. The van der Waals surface area contributed by atoms with Crippen molar-refractivity contribution < 1.29 is 12.8 Å². The molecule has 0 saturated heterocycles. The Kier molecular flexibility index (Phi) is 6.23. The largest absolute Gasteiger partial charge is 0.396 e. The summed E-state index contributed by atoms with van der Waals surface area (Å²) in [5.74, 6) is -0.135. The monoisotopic (exact) mass is 322 g/mol. The zero-order chi connectivity index (χ0) is 15.3. The maximum Gasteiger partial charge on any atom is 0.242 e. The first-order valence-corrected chi connectivity index (χ1v) is 8.34. The van der Waals surface area contributed by atoms with Gasteiger partial charge in [-0.2, -0.15) is 0 Å². The van der Waals surface area contributed by atoms with E-state index in [1.807, 2.05) is 0 Å². The van der Waals surface area contributed by atoms with E-state index in [4.69, 9.17) is 17.3 Å². The molecule has 0 bridgehead atoms. The highest BCUT2D eigenvalue weighted by Crippen LogP contribution is 2.26. The normalized spacial score (nSPS) is 12.1. The lowest BCUT2D eigenvalue weighted by Gasteiger charge is -2.10. The Morgan fingerprint density at radius 1 is 1.35 bits per heavy atom. The molecule has 7 heteroatoms. The van der Waals surface area contributed by atoms with E-state index >= 15 is 0 Å². The molecule has 1 rings (SSSR count). The summed E-state index contributed by atoms with van der Waals surface area (Å²) >= 11 is 5.75. The van der Waals surface area contributed by atoms with Crippen molar-refractivity contribution in [3.05, 3.63) is 23.0 Å². The average Bonchev–Trinajstić information content (AvgIpc) is 2.32. The van der Waals surface area contributed by atoms with E-state index in [1.165, 1.54) is 0 Å². The Hall–Kier alpha value is -0.850. The predicted molar refractivity (Wildman–Crippen MR) is 79.7 cm³/mol. The van der Waals surface area contributed by atoms with Gasteiger partial charge in [0.2, 0.25) is 10.0 Å². The number of rotatable bonds is 7. The minimum absolute atomic E-state index is 0.175. The van der Waals surface area contributed by atoms with E-state index in [-0.39, 0.29) is 15.6 Å². The Balaban J connectivity index is 2.68.